The van der Waals surface area contributed by atoms with Crippen LogP contribution in [0.4, 0.5) is 0 Å². The Morgan fingerprint density at radius 1 is 1.47 bits per heavy atom. The molecule has 0 aromatic carbocycles. The van der Waals surface area contributed by atoms with Crippen LogP contribution in [0.1, 0.15) is 33.6 Å². The van der Waals surface area contributed by atoms with Crippen molar-refractivity contribution in [1.29, 1.82) is 0 Å². The highest BCUT2D eigenvalue weighted by Crippen LogP contribution is 2.26. The fourth-order valence-corrected chi connectivity index (χ4v) is 4.60. The van der Waals surface area contributed by atoms with Crippen LogP contribution in [-0.2, 0) is 10.0 Å². The third kappa shape index (κ3) is 3.17. The van der Waals surface area contributed by atoms with Crippen molar-refractivity contribution >= 4 is 27.2 Å². The van der Waals surface area contributed by atoms with Gasteiger partial charge in [0.1, 0.15) is 5.25 Å². The largest absolute Gasteiger partial charge is 0.392 e. The van der Waals surface area contributed by atoms with E-state index in [1.807, 2.05) is 0 Å². The highest BCUT2D eigenvalue weighted by atomic mass is 32.2. The second kappa shape index (κ2) is 5.63. The standard InChI is InChI=1S/C11H22N2O2S2/c1-4-10(11(12)16)17(14,15)13-6-5-8(2)9(3)7-13/h8-10H,4-7H2,1-3H3,(H2,12,16). The second-order valence-electron chi connectivity index (χ2n) is 4.95. The third-order valence-electron chi connectivity index (χ3n) is 3.70. The lowest BCUT2D eigenvalue weighted by Gasteiger charge is -2.36. The zero-order chi connectivity index (χ0) is 13.2. The summed E-state index contributed by atoms with van der Waals surface area (Å²) in [5, 5.41) is -0.710. The first-order chi connectivity index (χ1) is 7.80. The van der Waals surface area contributed by atoms with Gasteiger partial charge in [-0.1, -0.05) is 33.0 Å². The molecule has 1 fully saturated rings. The van der Waals surface area contributed by atoms with Gasteiger partial charge < -0.3 is 5.73 Å². The molecule has 0 radical (unpaired) electrons. The molecule has 0 amide bonds. The van der Waals surface area contributed by atoms with Crippen molar-refractivity contribution in [3.05, 3.63) is 0 Å². The lowest BCUT2D eigenvalue weighted by Crippen LogP contribution is -2.49. The molecule has 0 spiro atoms. The van der Waals surface area contributed by atoms with Crippen LogP contribution in [0.3, 0.4) is 0 Å². The minimum atomic E-state index is -3.36. The van der Waals surface area contributed by atoms with Crippen LogP contribution in [0, 0.1) is 11.8 Å². The fraction of sp³-hybridized carbons (Fsp3) is 0.909. The van der Waals surface area contributed by atoms with Crippen molar-refractivity contribution in [3.8, 4) is 0 Å². The molecule has 3 unspecified atom stereocenters. The Bertz CT molecular complexity index is 381. The van der Waals surface area contributed by atoms with Crippen molar-refractivity contribution in [2.75, 3.05) is 13.1 Å². The minimum absolute atomic E-state index is 0.0822. The molecule has 0 saturated carbocycles. The zero-order valence-electron chi connectivity index (χ0n) is 10.7. The Morgan fingerprint density at radius 2 is 2.06 bits per heavy atom. The molecule has 0 aromatic heterocycles. The summed E-state index contributed by atoms with van der Waals surface area (Å²) in [6, 6.07) is 0. The molecule has 4 nitrogen and oxygen atoms in total. The molecule has 1 aliphatic heterocycles. The van der Waals surface area contributed by atoms with E-state index in [0.717, 1.165) is 6.42 Å². The minimum Gasteiger partial charge on any atom is -0.392 e. The Morgan fingerprint density at radius 3 is 2.47 bits per heavy atom. The Kier molecular flexibility index (Phi) is 4.92. The molecule has 100 valence electrons. The van der Waals surface area contributed by atoms with E-state index < -0.39 is 15.3 Å². The maximum absolute atomic E-state index is 12.4. The summed E-state index contributed by atoms with van der Waals surface area (Å²) >= 11 is 4.86. The molecule has 0 aromatic rings. The molecule has 6 heteroatoms. The normalized spacial score (nSPS) is 28.9. The van der Waals surface area contributed by atoms with Crippen LogP contribution in [0.2, 0.25) is 0 Å². The highest BCUT2D eigenvalue weighted by molar-refractivity contribution is 7.92. The first-order valence-electron chi connectivity index (χ1n) is 6.09. The van der Waals surface area contributed by atoms with Gasteiger partial charge in [0.05, 0.1) is 4.99 Å². The van der Waals surface area contributed by atoms with E-state index in [2.05, 4.69) is 13.8 Å². The van der Waals surface area contributed by atoms with Gasteiger partial charge in [-0.3, -0.25) is 0 Å². The van der Waals surface area contributed by atoms with Crippen molar-refractivity contribution in [2.45, 2.75) is 38.9 Å². The van der Waals surface area contributed by atoms with Gasteiger partial charge in [0.15, 0.2) is 0 Å². The molecule has 1 rings (SSSR count). The van der Waals surface area contributed by atoms with Crippen LogP contribution in [0.15, 0.2) is 0 Å². The quantitative estimate of drug-likeness (QED) is 0.789. The van der Waals surface area contributed by atoms with E-state index in [1.165, 1.54) is 0 Å². The number of hydrogen-bond donors (Lipinski definition) is 1. The molecule has 0 aliphatic carbocycles. The summed E-state index contributed by atoms with van der Waals surface area (Å²) in [5.74, 6) is 0.966. The van der Waals surface area contributed by atoms with Crippen LogP contribution in [0.25, 0.3) is 0 Å². The molecular weight excluding hydrogens is 256 g/mol. The summed E-state index contributed by atoms with van der Waals surface area (Å²) in [7, 11) is -3.36. The topological polar surface area (TPSA) is 63.4 Å². The van der Waals surface area contributed by atoms with Gasteiger partial charge in [-0.15, -0.1) is 0 Å². The van der Waals surface area contributed by atoms with Gasteiger partial charge in [0.25, 0.3) is 0 Å². The predicted octanol–water partition coefficient (Wildman–Crippen LogP) is 1.36. The lowest BCUT2D eigenvalue weighted by molar-refractivity contribution is 0.212. The number of thiocarbonyl (C=S) groups is 1. The van der Waals surface area contributed by atoms with Gasteiger partial charge >= 0.3 is 0 Å². The van der Waals surface area contributed by atoms with E-state index in [-0.39, 0.29) is 4.99 Å². The molecule has 1 saturated heterocycles. The number of nitrogens with two attached hydrogens (primary N) is 1. The first kappa shape index (κ1) is 14.9. The van der Waals surface area contributed by atoms with Gasteiger partial charge in [-0.05, 0) is 24.7 Å². The monoisotopic (exact) mass is 278 g/mol. The van der Waals surface area contributed by atoms with Gasteiger partial charge in [0.2, 0.25) is 10.0 Å². The Hall–Kier alpha value is -0.200. The average molecular weight is 278 g/mol. The van der Waals surface area contributed by atoms with E-state index in [1.54, 1.807) is 11.2 Å². The zero-order valence-corrected chi connectivity index (χ0v) is 12.4. The number of rotatable bonds is 4. The summed E-state index contributed by atoms with van der Waals surface area (Å²) < 4.78 is 26.3. The third-order valence-corrected chi connectivity index (χ3v) is 6.50. The number of hydrogen-bond acceptors (Lipinski definition) is 3. The van der Waals surface area contributed by atoms with Gasteiger partial charge in [0, 0.05) is 13.1 Å². The molecule has 0 bridgehead atoms. The van der Waals surface area contributed by atoms with E-state index in [9.17, 15) is 8.42 Å². The summed E-state index contributed by atoms with van der Waals surface area (Å²) in [4.78, 5) is 0.0822. The maximum Gasteiger partial charge on any atom is 0.223 e. The van der Waals surface area contributed by atoms with E-state index in [0.29, 0.717) is 31.3 Å². The van der Waals surface area contributed by atoms with Crippen molar-refractivity contribution < 1.29 is 8.42 Å². The second-order valence-corrected chi connectivity index (χ2v) is 7.53. The van der Waals surface area contributed by atoms with Crippen LogP contribution in [-0.4, -0.2) is 36.1 Å². The van der Waals surface area contributed by atoms with Crippen molar-refractivity contribution in [2.24, 2.45) is 17.6 Å². The van der Waals surface area contributed by atoms with Crippen molar-refractivity contribution in [3.63, 3.8) is 0 Å². The smallest absolute Gasteiger partial charge is 0.223 e. The average Bonchev–Trinajstić information content (AvgIpc) is 2.21. The Balaban J connectivity index is 2.87. The molecule has 2 N–H and O–H groups in total. The molecular formula is C11H22N2O2S2. The molecule has 3 atom stereocenters. The number of nitrogens with zero attached hydrogens (tertiary/aromatic N) is 1. The summed E-state index contributed by atoms with van der Waals surface area (Å²) in [6.45, 7) is 7.24. The fourth-order valence-electron chi connectivity index (χ4n) is 2.19. The van der Waals surface area contributed by atoms with Crippen LogP contribution < -0.4 is 5.73 Å². The molecule has 1 heterocycles. The van der Waals surface area contributed by atoms with Gasteiger partial charge in [-0.2, -0.15) is 0 Å². The number of sulfonamides is 1. The summed E-state index contributed by atoms with van der Waals surface area (Å²) in [5.41, 5.74) is 5.53. The first-order valence-corrected chi connectivity index (χ1v) is 8.00. The van der Waals surface area contributed by atoms with Crippen LogP contribution >= 0.6 is 12.2 Å². The Labute approximate surface area is 110 Å². The molecule has 1 aliphatic rings. The van der Waals surface area contributed by atoms with Gasteiger partial charge in [-0.25, -0.2) is 12.7 Å². The van der Waals surface area contributed by atoms with E-state index in [4.69, 9.17) is 18.0 Å². The van der Waals surface area contributed by atoms with E-state index >= 15 is 0 Å². The number of piperidine rings is 1. The maximum atomic E-state index is 12.4. The SMILES string of the molecule is CCC(C(N)=S)S(=O)(=O)N1CCC(C)C(C)C1. The highest BCUT2D eigenvalue weighted by Gasteiger charge is 2.36. The lowest BCUT2D eigenvalue weighted by atomic mass is 9.90. The molecule has 17 heavy (non-hydrogen) atoms. The van der Waals surface area contributed by atoms with Crippen LogP contribution in [0.5, 0.6) is 0 Å². The van der Waals surface area contributed by atoms with Crippen molar-refractivity contribution in [1.82, 2.24) is 4.31 Å². The summed E-state index contributed by atoms with van der Waals surface area (Å²) in [6.07, 6.45) is 1.35. The predicted molar refractivity (Wildman–Crippen MR) is 74.3 cm³/mol.